The van der Waals surface area contributed by atoms with Crippen molar-refractivity contribution in [2.45, 2.75) is 38.3 Å². The molecule has 0 fully saturated rings. The number of carbonyl (C=O) groups is 2. The molecule has 0 spiro atoms. The third-order valence-corrected chi connectivity index (χ3v) is 4.35. The zero-order chi connectivity index (χ0) is 18.0. The standard InChI is InChI=1S/C20H22N2O3/c1-20(2)12-16(15-9-5-6-10-17(15)25-20)22-18(23)11-13-7-3-4-8-14(13)19(21)24/h3-10,16H,11-12H2,1-2H3,(H2,21,24)(H,22,23). The van der Waals surface area contributed by atoms with Crippen molar-refractivity contribution in [2.24, 2.45) is 5.73 Å². The molecule has 2 amide bonds. The molecule has 2 aromatic rings. The highest BCUT2D eigenvalue weighted by Crippen LogP contribution is 2.39. The maximum atomic E-state index is 12.6. The number of amides is 2. The zero-order valence-electron chi connectivity index (χ0n) is 14.4. The van der Waals surface area contributed by atoms with E-state index in [1.165, 1.54) is 0 Å². The molecule has 25 heavy (non-hydrogen) atoms. The van der Waals surface area contributed by atoms with Crippen LogP contribution in [0.3, 0.4) is 0 Å². The minimum Gasteiger partial charge on any atom is -0.487 e. The molecule has 5 nitrogen and oxygen atoms in total. The highest BCUT2D eigenvalue weighted by Gasteiger charge is 2.34. The number of hydrogen-bond donors (Lipinski definition) is 2. The van der Waals surface area contributed by atoms with Crippen LogP contribution in [0.25, 0.3) is 0 Å². The second-order valence-electron chi connectivity index (χ2n) is 6.92. The van der Waals surface area contributed by atoms with Crippen molar-refractivity contribution in [2.75, 3.05) is 0 Å². The van der Waals surface area contributed by atoms with Gasteiger partial charge >= 0.3 is 0 Å². The van der Waals surface area contributed by atoms with Crippen LogP contribution in [0.4, 0.5) is 0 Å². The molecule has 1 atom stereocenters. The summed E-state index contributed by atoms with van der Waals surface area (Å²) in [6.07, 6.45) is 0.784. The number of carbonyl (C=O) groups excluding carboxylic acids is 2. The number of nitrogens with one attached hydrogen (secondary N) is 1. The third-order valence-electron chi connectivity index (χ3n) is 4.35. The summed E-state index contributed by atoms with van der Waals surface area (Å²) in [5.74, 6) is 0.119. The van der Waals surface area contributed by atoms with Gasteiger partial charge in [-0.15, -0.1) is 0 Å². The molecule has 3 rings (SSSR count). The van der Waals surface area contributed by atoms with Crippen molar-refractivity contribution in [3.63, 3.8) is 0 Å². The molecule has 130 valence electrons. The summed E-state index contributed by atoms with van der Waals surface area (Å²) in [7, 11) is 0. The molecular weight excluding hydrogens is 316 g/mol. The minimum absolute atomic E-state index is 0.110. The van der Waals surface area contributed by atoms with Gasteiger partial charge in [-0.25, -0.2) is 0 Å². The topological polar surface area (TPSA) is 81.4 Å². The SMILES string of the molecule is CC1(C)CC(NC(=O)Cc2ccccc2C(N)=O)c2ccccc2O1. The summed E-state index contributed by atoms with van der Waals surface area (Å²) >= 11 is 0. The predicted molar refractivity (Wildman–Crippen MR) is 95.3 cm³/mol. The lowest BCUT2D eigenvalue weighted by Crippen LogP contribution is -2.41. The first-order chi connectivity index (χ1) is 11.9. The van der Waals surface area contributed by atoms with E-state index < -0.39 is 5.91 Å². The molecule has 1 heterocycles. The molecular formula is C20H22N2O3. The van der Waals surface area contributed by atoms with Crippen LogP contribution in [0, 0.1) is 0 Å². The second kappa shape index (κ2) is 6.59. The van der Waals surface area contributed by atoms with Gasteiger partial charge in [-0.05, 0) is 31.5 Å². The molecule has 2 aromatic carbocycles. The Bertz CT molecular complexity index is 814. The average molecular weight is 338 g/mol. The highest BCUT2D eigenvalue weighted by atomic mass is 16.5. The molecule has 1 unspecified atom stereocenters. The summed E-state index contributed by atoms with van der Waals surface area (Å²) in [5.41, 5.74) is 7.00. The van der Waals surface area contributed by atoms with E-state index in [1.54, 1.807) is 24.3 Å². The fourth-order valence-corrected chi connectivity index (χ4v) is 3.26. The number of benzene rings is 2. The number of para-hydroxylation sites is 1. The van der Waals surface area contributed by atoms with Gasteiger partial charge in [0.1, 0.15) is 11.4 Å². The van der Waals surface area contributed by atoms with Gasteiger partial charge in [0.05, 0.1) is 12.5 Å². The van der Waals surface area contributed by atoms with Crippen LogP contribution in [0.5, 0.6) is 5.75 Å². The van der Waals surface area contributed by atoms with Crippen molar-refractivity contribution in [3.05, 3.63) is 65.2 Å². The molecule has 1 aliphatic rings. The second-order valence-corrected chi connectivity index (χ2v) is 6.92. The summed E-state index contributed by atoms with van der Waals surface area (Å²) < 4.78 is 5.99. The summed E-state index contributed by atoms with van der Waals surface area (Å²) in [4.78, 5) is 24.1. The highest BCUT2D eigenvalue weighted by molar-refractivity contribution is 5.95. The van der Waals surface area contributed by atoms with Crippen molar-refractivity contribution in [3.8, 4) is 5.75 Å². The Morgan fingerprint density at radius 2 is 1.84 bits per heavy atom. The molecule has 0 aromatic heterocycles. The number of rotatable bonds is 4. The molecule has 0 radical (unpaired) electrons. The number of hydrogen-bond acceptors (Lipinski definition) is 3. The van der Waals surface area contributed by atoms with Crippen LogP contribution < -0.4 is 15.8 Å². The quantitative estimate of drug-likeness (QED) is 0.899. The first kappa shape index (κ1) is 17.0. The molecule has 5 heteroatoms. The summed E-state index contributed by atoms with van der Waals surface area (Å²) in [6.45, 7) is 4.01. The summed E-state index contributed by atoms with van der Waals surface area (Å²) in [6, 6.07) is 14.5. The van der Waals surface area contributed by atoms with Gasteiger partial charge in [0.15, 0.2) is 0 Å². The van der Waals surface area contributed by atoms with Crippen molar-refractivity contribution in [1.82, 2.24) is 5.32 Å². The lowest BCUT2D eigenvalue weighted by molar-refractivity contribution is -0.121. The lowest BCUT2D eigenvalue weighted by atomic mass is 9.89. The number of primary amides is 1. The van der Waals surface area contributed by atoms with Gasteiger partial charge in [0.2, 0.25) is 11.8 Å². The van der Waals surface area contributed by atoms with Gasteiger partial charge in [-0.1, -0.05) is 36.4 Å². The van der Waals surface area contributed by atoms with E-state index in [-0.39, 0.29) is 24.0 Å². The maximum absolute atomic E-state index is 12.6. The molecule has 1 aliphatic heterocycles. The third kappa shape index (κ3) is 3.82. The smallest absolute Gasteiger partial charge is 0.248 e. The molecule has 0 saturated heterocycles. The maximum Gasteiger partial charge on any atom is 0.248 e. The van der Waals surface area contributed by atoms with Crippen LogP contribution in [0.15, 0.2) is 48.5 Å². The Morgan fingerprint density at radius 3 is 2.60 bits per heavy atom. The Morgan fingerprint density at radius 1 is 1.16 bits per heavy atom. The van der Waals surface area contributed by atoms with Gasteiger partial charge in [0, 0.05) is 17.5 Å². The Kier molecular flexibility index (Phi) is 4.49. The van der Waals surface area contributed by atoms with Gasteiger partial charge in [-0.2, -0.15) is 0 Å². The molecule has 0 bridgehead atoms. The first-order valence-electron chi connectivity index (χ1n) is 8.31. The van der Waals surface area contributed by atoms with E-state index >= 15 is 0 Å². The number of fused-ring (bicyclic) bond motifs is 1. The van der Waals surface area contributed by atoms with Gasteiger partial charge in [-0.3, -0.25) is 9.59 Å². The van der Waals surface area contributed by atoms with E-state index in [9.17, 15) is 9.59 Å². The van der Waals surface area contributed by atoms with Crippen molar-refractivity contribution in [1.29, 1.82) is 0 Å². The fourth-order valence-electron chi connectivity index (χ4n) is 3.26. The number of nitrogens with two attached hydrogens (primary N) is 1. The van der Waals surface area contributed by atoms with Crippen LogP contribution in [-0.4, -0.2) is 17.4 Å². The van der Waals surface area contributed by atoms with E-state index in [2.05, 4.69) is 5.32 Å². The van der Waals surface area contributed by atoms with Gasteiger partial charge < -0.3 is 15.8 Å². The number of ether oxygens (including phenoxy) is 1. The Labute approximate surface area is 147 Å². The van der Waals surface area contributed by atoms with Crippen LogP contribution in [0.1, 0.15) is 47.8 Å². The lowest BCUT2D eigenvalue weighted by Gasteiger charge is -2.37. The van der Waals surface area contributed by atoms with Crippen LogP contribution in [0.2, 0.25) is 0 Å². The van der Waals surface area contributed by atoms with Crippen LogP contribution >= 0.6 is 0 Å². The van der Waals surface area contributed by atoms with Crippen LogP contribution in [-0.2, 0) is 11.2 Å². The Balaban J connectivity index is 1.79. The molecule has 0 saturated carbocycles. The fraction of sp³-hybridized carbons (Fsp3) is 0.300. The normalized spacial score (nSPS) is 17.9. The molecule has 3 N–H and O–H groups in total. The van der Waals surface area contributed by atoms with Crippen molar-refractivity contribution >= 4 is 11.8 Å². The van der Waals surface area contributed by atoms with Gasteiger partial charge in [0.25, 0.3) is 0 Å². The average Bonchev–Trinajstić information content (AvgIpc) is 2.54. The van der Waals surface area contributed by atoms with E-state index in [0.29, 0.717) is 17.5 Å². The first-order valence-corrected chi connectivity index (χ1v) is 8.31. The van der Waals surface area contributed by atoms with E-state index in [4.69, 9.17) is 10.5 Å². The zero-order valence-corrected chi connectivity index (χ0v) is 14.4. The van der Waals surface area contributed by atoms with E-state index in [1.807, 2.05) is 38.1 Å². The summed E-state index contributed by atoms with van der Waals surface area (Å²) in [5, 5.41) is 3.07. The van der Waals surface area contributed by atoms with Crippen molar-refractivity contribution < 1.29 is 14.3 Å². The monoisotopic (exact) mass is 338 g/mol. The predicted octanol–water partition coefficient (Wildman–Crippen LogP) is 2.75. The minimum atomic E-state index is -0.527. The molecule has 0 aliphatic carbocycles. The Hall–Kier alpha value is -2.82. The van der Waals surface area contributed by atoms with E-state index in [0.717, 1.165) is 11.3 Å². The largest absolute Gasteiger partial charge is 0.487 e.